The molecule has 8 aromatic carbocycles. The third-order valence-electron chi connectivity index (χ3n) is 11.8. The summed E-state index contributed by atoms with van der Waals surface area (Å²) in [5.41, 5.74) is 15.7. The van der Waals surface area contributed by atoms with Crippen LogP contribution in [-0.2, 0) is 10.8 Å². The molecule has 2 aliphatic carbocycles. The maximum atomic E-state index is 5.31. The molecular formula is C52H34N2. The Kier molecular flexibility index (Phi) is 6.72. The molecule has 2 aliphatic rings. The van der Waals surface area contributed by atoms with Crippen LogP contribution >= 0.6 is 0 Å². The molecule has 0 N–H and O–H groups in total. The van der Waals surface area contributed by atoms with E-state index in [9.17, 15) is 0 Å². The number of hydrogen-bond acceptors (Lipinski definition) is 2. The molecular weight excluding hydrogens is 653 g/mol. The third-order valence-corrected chi connectivity index (χ3v) is 11.8. The Morgan fingerprint density at radius 3 is 1.61 bits per heavy atom. The summed E-state index contributed by atoms with van der Waals surface area (Å²) in [4.78, 5) is 10.5. The minimum atomic E-state index is -0.640. The standard InChI is InChI=1S/C52H34N2/c1-4-18-35(19-5-1)49-42-27-11-15-33-47(42)53-50(54-49)36-20-16-25-39(34-36)51(37-21-6-2-7-22-37)44-30-13-14-31-45(44)52(38-23-8-3-9-24-38)43-29-12-10-26-40(43)41-28-17-32-46(51)48(41)52/h1-34H. The highest BCUT2D eigenvalue weighted by atomic mass is 14.9. The van der Waals surface area contributed by atoms with Crippen LogP contribution in [0.5, 0.6) is 0 Å². The van der Waals surface area contributed by atoms with Crippen molar-refractivity contribution < 1.29 is 0 Å². The Bertz CT molecular complexity index is 2880. The second kappa shape index (κ2) is 11.8. The molecule has 252 valence electrons. The summed E-state index contributed by atoms with van der Waals surface area (Å²) in [5, 5.41) is 1.04. The molecule has 11 rings (SSSR count). The molecule has 0 radical (unpaired) electrons. The van der Waals surface area contributed by atoms with Crippen molar-refractivity contribution in [2.75, 3.05) is 0 Å². The van der Waals surface area contributed by atoms with E-state index in [0.29, 0.717) is 5.82 Å². The van der Waals surface area contributed by atoms with Crippen LogP contribution in [-0.4, -0.2) is 9.97 Å². The lowest BCUT2D eigenvalue weighted by Crippen LogP contribution is -2.44. The van der Waals surface area contributed by atoms with Crippen LogP contribution in [0.3, 0.4) is 0 Å². The highest BCUT2D eigenvalue weighted by Gasteiger charge is 2.57. The number of hydrogen-bond donors (Lipinski definition) is 0. The normalized spacial score (nSPS) is 17.8. The van der Waals surface area contributed by atoms with Crippen molar-refractivity contribution in [2.45, 2.75) is 10.8 Å². The van der Waals surface area contributed by atoms with E-state index in [-0.39, 0.29) is 0 Å². The Morgan fingerprint density at radius 1 is 0.333 bits per heavy atom. The van der Waals surface area contributed by atoms with E-state index >= 15 is 0 Å². The van der Waals surface area contributed by atoms with Gasteiger partial charge in [-0.25, -0.2) is 9.97 Å². The Labute approximate surface area is 315 Å². The van der Waals surface area contributed by atoms with Crippen LogP contribution in [0.2, 0.25) is 0 Å². The van der Waals surface area contributed by atoms with Crippen molar-refractivity contribution in [1.82, 2.24) is 9.97 Å². The van der Waals surface area contributed by atoms with E-state index in [0.717, 1.165) is 27.7 Å². The van der Waals surface area contributed by atoms with Crippen LogP contribution in [0, 0.1) is 0 Å². The smallest absolute Gasteiger partial charge is 0.160 e. The van der Waals surface area contributed by atoms with Crippen LogP contribution in [0.25, 0.3) is 44.7 Å². The maximum absolute atomic E-state index is 5.31. The Balaban J connectivity index is 1.25. The minimum absolute atomic E-state index is 0.484. The first-order valence-electron chi connectivity index (χ1n) is 18.7. The zero-order valence-electron chi connectivity index (χ0n) is 29.5. The van der Waals surface area contributed by atoms with Gasteiger partial charge >= 0.3 is 0 Å². The Hall–Kier alpha value is -6.90. The van der Waals surface area contributed by atoms with Crippen LogP contribution in [0.1, 0.15) is 44.5 Å². The van der Waals surface area contributed by atoms with Gasteiger partial charge in [-0.3, -0.25) is 0 Å². The second-order valence-corrected chi connectivity index (χ2v) is 14.4. The lowest BCUT2D eigenvalue weighted by Gasteiger charge is -2.49. The van der Waals surface area contributed by atoms with Crippen molar-refractivity contribution >= 4 is 10.9 Å². The van der Waals surface area contributed by atoms with Gasteiger partial charge < -0.3 is 0 Å². The predicted molar refractivity (Wildman–Crippen MR) is 220 cm³/mol. The number of benzene rings is 8. The minimum Gasteiger partial charge on any atom is -0.228 e. The molecule has 54 heavy (non-hydrogen) atoms. The van der Waals surface area contributed by atoms with E-state index in [1.54, 1.807) is 0 Å². The molecule has 2 heteroatoms. The molecule has 0 fully saturated rings. The van der Waals surface area contributed by atoms with E-state index in [2.05, 4.69) is 200 Å². The van der Waals surface area contributed by atoms with Crippen LogP contribution in [0.4, 0.5) is 0 Å². The number of para-hydroxylation sites is 1. The van der Waals surface area contributed by atoms with Crippen molar-refractivity contribution in [3.05, 3.63) is 251 Å². The summed E-state index contributed by atoms with van der Waals surface area (Å²) in [5.74, 6) is 0.714. The fraction of sp³-hybridized carbons (Fsp3) is 0.0385. The fourth-order valence-corrected chi connectivity index (χ4v) is 9.77. The van der Waals surface area contributed by atoms with Gasteiger partial charge in [0.1, 0.15) is 0 Å². The summed E-state index contributed by atoms with van der Waals surface area (Å²) in [6, 6.07) is 75.2. The Morgan fingerprint density at radius 2 is 0.852 bits per heavy atom. The van der Waals surface area contributed by atoms with Crippen LogP contribution < -0.4 is 0 Å². The number of nitrogens with zero attached hydrogens (tertiary/aromatic N) is 2. The van der Waals surface area contributed by atoms with Gasteiger partial charge in [0.05, 0.1) is 22.0 Å². The van der Waals surface area contributed by atoms with Crippen molar-refractivity contribution in [3.63, 3.8) is 0 Å². The van der Waals surface area contributed by atoms with Gasteiger partial charge in [-0.05, 0) is 67.8 Å². The zero-order chi connectivity index (χ0) is 35.7. The first-order valence-corrected chi connectivity index (χ1v) is 18.7. The summed E-state index contributed by atoms with van der Waals surface area (Å²) in [6.45, 7) is 0. The van der Waals surface area contributed by atoms with Gasteiger partial charge in [0.15, 0.2) is 5.82 Å². The average Bonchev–Trinajstić information content (AvgIpc) is 3.57. The molecule has 2 atom stereocenters. The SMILES string of the molecule is c1ccc(-c2nc(-c3cccc(C4(c5ccccc5)c5ccccc5C5(c6ccccc6)c6ccccc6-c6cccc4c65)c3)nc3ccccc23)cc1. The molecule has 0 spiro atoms. The number of aromatic nitrogens is 2. The average molecular weight is 687 g/mol. The lowest BCUT2D eigenvalue weighted by molar-refractivity contribution is 0.627. The van der Waals surface area contributed by atoms with Crippen LogP contribution in [0.15, 0.2) is 206 Å². The van der Waals surface area contributed by atoms with Gasteiger partial charge in [-0.1, -0.05) is 194 Å². The largest absolute Gasteiger partial charge is 0.228 e. The van der Waals surface area contributed by atoms with Crippen molar-refractivity contribution in [2.24, 2.45) is 0 Å². The monoisotopic (exact) mass is 686 g/mol. The summed E-state index contributed by atoms with van der Waals surface area (Å²) < 4.78 is 0. The maximum Gasteiger partial charge on any atom is 0.160 e. The van der Waals surface area contributed by atoms with Crippen molar-refractivity contribution in [1.29, 1.82) is 0 Å². The lowest BCUT2D eigenvalue weighted by atomic mass is 9.51. The highest BCUT2D eigenvalue weighted by molar-refractivity contribution is 5.94. The zero-order valence-corrected chi connectivity index (χ0v) is 29.5. The van der Waals surface area contributed by atoms with Gasteiger partial charge in [0.25, 0.3) is 0 Å². The molecule has 0 amide bonds. The van der Waals surface area contributed by atoms with E-state index < -0.39 is 10.8 Å². The highest BCUT2D eigenvalue weighted by Crippen LogP contribution is 2.65. The molecule has 0 saturated heterocycles. The van der Waals surface area contributed by atoms with Gasteiger partial charge in [0.2, 0.25) is 0 Å². The van der Waals surface area contributed by atoms with E-state index in [1.165, 1.54) is 55.6 Å². The number of fused-ring (bicyclic) bond motifs is 6. The number of rotatable bonds is 5. The molecule has 9 aromatic rings. The molecule has 2 unspecified atom stereocenters. The topological polar surface area (TPSA) is 25.8 Å². The quantitative estimate of drug-likeness (QED) is 0.180. The van der Waals surface area contributed by atoms with E-state index in [4.69, 9.17) is 9.97 Å². The fourth-order valence-electron chi connectivity index (χ4n) is 9.77. The van der Waals surface area contributed by atoms with E-state index in [1.807, 2.05) is 6.07 Å². The third kappa shape index (κ3) is 4.11. The molecule has 0 saturated carbocycles. The summed E-state index contributed by atoms with van der Waals surface area (Å²) in [6.07, 6.45) is 0. The predicted octanol–water partition coefficient (Wildman–Crippen LogP) is 12.0. The van der Waals surface area contributed by atoms with Gasteiger partial charge in [0, 0.05) is 16.5 Å². The second-order valence-electron chi connectivity index (χ2n) is 14.4. The summed E-state index contributed by atoms with van der Waals surface area (Å²) >= 11 is 0. The molecule has 0 bridgehead atoms. The molecule has 1 heterocycles. The molecule has 0 aliphatic heterocycles. The summed E-state index contributed by atoms with van der Waals surface area (Å²) in [7, 11) is 0. The van der Waals surface area contributed by atoms with Crippen molar-refractivity contribution in [3.8, 4) is 33.8 Å². The van der Waals surface area contributed by atoms with Gasteiger partial charge in [-0.15, -0.1) is 0 Å². The van der Waals surface area contributed by atoms with Gasteiger partial charge in [-0.2, -0.15) is 0 Å². The molecule has 1 aromatic heterocycles. The molecule has 2 nitrogen and oxygen atoms in total. The first-order chi connectivity index (χ1) is 26.8. The first kappa shape index (κ1) is 30.7.